The summed E-state index contributed by atoms with van der Waals surface area (Å²) in [7, 11) is 0. The van der Waals surface area contributed by atoms with E-state index in [0.717, 1.165) is 23.5 Å². The first-order chi connectivity index (χ1) is 6.16. The van der Waals surface area contributed by atoms with Crippen molar-refractivity contribution in [2.75, 3.05) is 5.33 Å². The van der Waals surface area contributed by atoms with Crippen molar-refractivity contribution in [1.82, 2.24) is 4.90 Å². The van der Waals surface area contributed by atoms with Crippen molar-refractivity contribution >= 4 is 32.9 Å². The summed E-state index contributed by atoms with van der Waals surface area (Å²) in [4.78, 5) is 2.70. The molecular formula is C11H23Br2N. The Kier molecular flexibility index (Phi) is 7.71. The van der Waals surface area contributed by atoms with E-state index in [1.54, 1.807) is 0 Å². The molecule has 3 atom stereocenters. The van der Waals surface area contributed by atoms with Gasteiger partial charge in [0.15, 0.2) is 0 Å². The fourth-order valence-electron chi connectivity index (χ4n) is 2.62. The summed E-state index contributed by atoms with van der Waals surface area (Å²) in [5.74, 6) is 0. The van der Waals surface area contributed by atoms with Crippen LogP contribution in [0.3, 0.4) is 0 Å². The number of halogens is 2. The van der Waals surface area contributed by atoms with Gasteiger partial charge in [0.1, 0.15) is 0 Å². The zero-order chi connectivity index (χ0) is 9.84. The molecule has 3 heteroatoms. The monoisotopic (exact) mass is 327 g/mol. The summed E-state index contributed by atoms with van der Waals surface area (Å²) in [6.45, 7) is 7.11. The van der Waals surface area contributed by atoms with Gasteiger partial charge in [-0.1, -0.05) is 22.4 Å². The molecule has 0 amide bonds. The number of piperidine rings is 1. The number of nitrogens with zero attached hydrogens (tertiary/aromatic N) is 1. The first-order valence-electron chi connectivity index (χ1n) is 5.50. The maximum atomic E-state index is 3.53. The van der Waals surface area contributed by atoms with E-state index in [4.69, 9.17) is 0 Å². The van der Waals surface area contributed by atoms with Gasteiger partial charge in [0, 0.05) is 23.5 Å². The van der Waals surface area contributed by atoms with E-state index < -0.39 is 0 Å². The predicted molar refractivity (Wildman–Crippen MR) is 72.8 cm³/mol. The van der Waals surface area contributed by atoms with Crippen molar-refractivity contribution in [2.45, 2.75) is 64.6 Å². The minimum atomic E-state index is 0. The zero-order valence-electron chi connectivity index (χ0n) is 9.50. The molecule has 1 nitrogen and oxygen atoms in total. The van der Waals surface area contributed by atoms with E-state index in [-0.39, 0.29) is 17.0 Å². The molecule has 1 aliphatic rings. The molecular weight excluding hydrogens is 306 g/mol. The van der Waals surface area contributed by atoms with Crippen molar-refractivity contribution in [1.29, 1.82) is 0 Å². The van der Waals surface area contributed by atoms with Gasteiger partial charge in [-0.2, -0.15) is 0 Å². The highest BCUT2D eigenvalue weighted by Gasteiger charge is 2.27. The van der Waals surface area contributed by atoms with Crippen LogP contribution in [0, 0.1) is 0 Å². The van der Waals surface area contributed by atoms with Crippen LogP contribution in [0.1, 0.15) is 46.5 Å². The van der Waals surface area contributed by atoms with Crippen LogP contribution >= 0.6 is 32.9 Å². The quantitative estimate of drug-likeness (QED) is 0.708. The number of likely N-dealkylation sites (tertiary alicyclic amines) is 1. The molecule has 0 radical (unpaired) electrons. The second-order valence-electron chi connectivity index (χ2n) is 4.40. The topological polar surface area (TPSA) is 3.24 Å². The van der Waals surface area contributed by atoms with E-state index in [1.807, 2.05) is 0 Å². The summed E-state index contributed by atoms with van der Waals surface area (Å²) >= 11 is 3.53. The molecule has 86 valence electrons. The Morgan fingerprint density at radius 2 is 1.79 bits per heavy atom. The first-order valence-corrected chi connectivity index (χ1v) is 6.62. The molecule has 0 bridgehead atoms. The van der Waals surface area contributed by atoms with Gasteiger partial charge in [0.25, 0.3) is 0 Å². The Labute approximate surface area is 108 Å². The molecule has 0 N–H and O–H groups in total. The summed E-state index contributed by atoms with van der Waals surface area (Å²) < 4.78 is 0. The van der Waals surface area contributed by atoms with E-state index in [1.165, 1.54) is 25.7 Å². The number of alkyl halides is 1. The van der Waals surface area contributed by atoms with Crippen LogP contribution in [-0.2, 0) is 0 Å². The number of hydrogen-bond acceptors (Lipinski definition) is 1. The highest BCUT2D eigenvalue weighted by Crippen LogP contribution is 2.25. The third-order valence-corrected chi connectivity index (χ3v) is 3.76. The smallest absolute Gasteiger partial charge is 0.00805 e. The average molecular weight is 329 g/mol. The Morgan fingerprint density at radius 3 is 2.21 bits per heavy atom. The summed E-state index contributed by atoms with van der Waals surface area (Å²) in [6, 6.07) is 2.32. The number of rotatable bonds is 3. The Bertz CT molecular complexity index is 142. The lowest BCUT2D eigenvalue weighted by molar-refractivity contribution is 0.0616. The number of hydrogen-bond donors (Lipinski definition) is 0. The lowest BCUT2D eigenvalue weighted by atomic mass is 9.95. The van der Waals surface area contributed by atoms with Crippen LogP contribution in [0.15, 0.2) is 0 Å². The van der Waals surface area contributed by atoms with Crippen molar-refractivity contribution in [2.24, 2.45) is 0 Å². The lowest BCUT2D eigenvalue weighted by Crippen LogP contribution is -2.48. The Balaban J connectivity index is 0.00000169. The van der Waals surface area contributed by atoms with Gasteiger partial charge in [-0.25, -0.2) is 0 Å². The molecule has 0 spiro atoms. The highest BCUT2D eigenvalue weighted by atomic mass is 79.9. The van der Waals surface area contributed by atoms with Crippen LogP contribution in [0.5, 0.6) is 0 Å². The summed E-state index contributed by atoms with van der Waals surface area (Å²) in [6.07, 6.45) is 5.46. The fourth-order valence-corrected chi connectivity index (χ4v) is 3.28. The van der Waals surface area contributed by atoms with Gasteiger partial charge in [0.2, 0.25) is 0 Å². The van der Waals surface area contributed by atoms with Crippen molar-refractivity contribution in [3.8, 4) is 0 Å². The minimum absolute atomic E-state index is 0. The third kappa shape index (κ3) is 3.82. The van der Waals surface area contributed by atoms with Gasteiger partial charge in [-0.15, -0.1) is 17.0 Å². The van der Waals surface area contributed by atoms with Crippen LogP contribution < -0.4 is 0 Å². The molecule has 1 aliphatic heterocycles. The van der Waals surface area contributed by atoms with Crippen molar-refractivity contribution in [3.63, 3.8) is 0 Å². The van der Waals surface area contributed by atoms with E-state index in [9.17, 15) is 0 Å². The maximum absolute atomic E-state index is 3.53. The molecule has 3 unspecified atom stereocenters. The standard InChI is InChI=1S/C11H22BrN.BrH/c1-9-5-4-6-10(2)13(9)11(3)7-8-12;/h9-11H,4-8H2,1-3H3;1H. The third-order valence-electron chi connectivity index (χ3n) is 3.30. The van der Waals surface area contributed by atoms with Crippen LogP contribution in [0.2, 0.25) is 0 Å². The second kappa shape index (κ2) is 7.24. The SMILES string of the molecule is Br.CC(CCBr)N1C(C)CCCC1C. The lowest BCUT2D eigenvalue weighted by Gasteiger charge is -2.43. The van der Waals surface area contributed by atoms with Gasteiger partial charge < -0.3 is 0 Å². The Hall–Kier alpha value is 0.920. The zero-order valence-corrected chi connectivity index (χ0v) is 12.8. The van der Waals surface area contributed by atoms with Crippen LogP contribution in [0.4, 0.5) is 0 Å². The molecule has 14 heavy (non-hydrogen) atoms. The van der Waals surface area contributed by atoms with Crippen LogP contribution in [0.25, 0.3) is 0 Å². The van der Waals surface area contributed by atoms with Gasteiger partial charge in [0.05, 0.1) is 0 Å². The first kappa shape index (κ1) is 14.9. The van der Waals surface area contributed by atoms with E-state index >= 15 is 0 Å². The minimum Gasteiger partial charge on any atom is -0.295 e. The van der Waals surface area contributed by atoms with E-state index in [2.05, 4.69) is 41.6 Å². The van der Waals surface area contributed by atoms with Crippen LogP contribution in [-0.4, -0.2) is 28.4 Å². The summed E-state index contributed by atoms with van der Waals surface area (Å²) in [5.41, 5.74) is 0. The predicted octanol–water partition coefficient (Wildman–Crippen LogP) is 4.00. The highest BCUT2D eigenvalue weighted by molar-refractivity contribution is 9.09. The molecule has 0 aliphatic carbocycles. The molecule has 0 aromatic heterocycles. The maximum Gasteiger partial charge on any atom is 0.00805 e. The fraction of sp³-hybridized carbons (Fsp3) is 1.00. The Morgan fingerprint density at radius 1 is 1.29 bits per heavy atom. The molecule has 0 aromatic rings. The van der Waals surface area contributed by atoms with Crippen molar-refractivity contribution in [3.05, 3.63) is 0 Å². The molecule has 1 saturated heterocycles. The van der Waals surface area contributed by atoms with Gasteiger partial charge in [-0.05, 0) is 40.0 Å². The second-order valence-corrected chi connectivity index (χ2v) is 5.20. The molecule has 1 rings (SSSR count). The largest absolute Gasteiger partial charge is 0.295 e. The molecule has 1 heterocycles. The molecule has 1 fully saturated rings. The average Bonchev–Trinajstić information content (AvgIpc) is 2.04. The van der Waals surface area contributed by atoms with Gasteiger partial charge >= 0.3 is 0 Å². The molecule has 0 aromatic carbocycles. The summed E-state index contributed by atoms with van der Waals surface area (Å²) in [5, 5.41) is 1.13. The normalized spacial score (nSPS) is 30.9. The van der Waals surface area contributed by atoms with Crippen molar-refractivity contribution < 1.29 is 0 Å². The van der Waals surface area contributed by atoms with Gasteiger partial charge in [-0.3, -0.25) is 4.90 Å². The molecule has 0 saturated carbocycles. The van der Waals surface area contributed by atoms with E-state index in [0.29, 0.717) is 0 Å².